The molecular weight excluding hydrogens is 376 g/mol. The molecule has 2 rings (SSSR count). The minimum absolute atomic E-state index is 0.0241. The van der Waals surface area contributed by atoms with E-state index in [0.717, 1.165) is 21.4 Å². The second-order valence-electron chi connectivity index (χ2n) is 4.45. The van der Waals surface area contributed by atoms with Crippen LogP contribution in [-0.4, -0.2) is 14.3 Å². The van der Waals surface area contributed by atoms with E-state index in [1.807, 2.05) is 31.2 Å². The molecule has 3 N–H and O–H groups in total. The Labute approximate surface area is 135 Å². The highest BCUT2D eigenvalue weighted by Crippen LogP contribution is 2.20. The number of nitrogens with one attached hydrogen (secondary N) is 1. The molecule has 1 aromatic carbocycles. The Bertz CT molecular complexity index is 754. The van der Waals surface area contributed by atoms with Gasteiger partial charge in [0.25, 0.3) is 5.91 Å². The smallest absolute Gasteiger partial charge is 0.252 e. The van der Waals surface area contributed by atoms with Crippen molar-refractivity contribution >= 4 is 43.2 Å². The Morgan fingerprint density at radius 1 is 1.33 bits per heavy atom. The summed E-state index contributed by atoms with van der Waals surface area (Å²) in [5.74, 6) is -0.337. The van der Waals surface area contributed by atoms with Gasteiger partial charge in [-0.15, -0.1) is 11.3 Å². The SMILES string of the molecule is CC(NC(=O)c1csc(S(N)(=O)=O)c1)c1ccc(Br)cc1. The lowest BCUT2D eigenvalue weighted by Gasteiger charge is -2.13. The van der Waals surface area contributed by atoms with Crippen LogP contribution < -0.4 is 10.5 Å². The number of rotatable bonds is 4. The van der Waals surface area contributed by atoms with Crippen molar-refractivity contribution in [3.05, 3.63) is 51.3 Å². The van der Waals surface area contributed by atoms with Gasteiger partial charge in [-0.25, -0.2) is 13.6 Å². The van der Waals surface area contributed by atoms with Crippen LogP contribution in [0.5, 0.6) is 0 Å². The number of carbonyl (C=O) groups excluding carboxylic acids is 1. The zero-order valence-corrected chi connectivity index (χ0v) is 14.3. The third-order valence-electron chi connectivity index (χ3n) is 2.84. The number of sulfonamides is 1. The second-order valence-corrected chi connectivity index (χ2v) is 8.06. The monoisotopic (exact) mass is 388 g/mol. The lowest BCUT2D eigenvalue weighted by atomic mass is 10.1. The molecule has 1 heterocycles. The van der Waals surface area contributed by atoms with E-state index in [2.05, 4.69) is 21.2 Å². The Morgan fingerprint density at radius 3 is 2.48 bits per heavy atom. The van der Waals surface area contributed by atoms with Crippen LogP contribution in [0.3, 0.4) is 0 Å². The molecule has 0 aliphatic carbocycles. The minimum Gasteiger partial charge on any atom is -0.345 e. The zero-order chi connectivity index (χ0) is 15.6. The first kappa shape index (κ1) is 16.2. The third kappa shape index (κ3) is 4.13. The summed E-state index contributed by atoms with van der Waals surface area (Å²) in [5.41, 5.74) is 1.24. The van der Waals surface area contributed by atoms with Crippen molar-refractivity contribution in [1.82, 2.24) is 5.32 Å². The predicted molar refractivity (Wildman–Crippen MR) is 85.7 cm³/mol. The van der Waals surface area contributed by atoms with Gasteiger partial charge in [0.2, 0.25) is 10.0 Å². The number of hydrogen-bond donors (Lipinski definition) is 2. The van der Waals surface area contributed by atoms with Gasteiger partial charge < -0.3 is 5.32 Å². The van der Waals surface area contributed by atoms with Gasteiger partial charge >= 0.3 is 0 Å². The summed E-state index contributed by atoms with van der Waals surface area (Å²) in [6.07, 6.45) is 0. The molecule has 0 aliphatic rings. The van der Waals surface area contributed by atoms with E-state index in [1.54, 1.807) is 0 Å². The number of nitrogens with two attached hydrogens (primary N) is 1. The number of benzene rings is 1. The molecule has 1 unspecified atom stereocenters. The minimum atomic E-state index is -3.77. The maximum absolute atomic E-state index is 12.1. The zero-order valence-electron chi connectivity index (χ0n) is 11.0. The average molecular weight is 389 g/mol. The van der Waals surface area contributed by atoms with Crippen LogP contribution in [-0.2, 0) is 10.0 Å². The van der Waals surface area contributed by atoms with E-state index in [1.165, 1.54) is 11.4 Å². The van der Waals surface area contributed by atoms with E-state index >= 15 is 0 Å². The lowest BCUT2D eigenvalue weighted by Crippen LogP contribution is -2.26. The summed E-state index contributed by atoms with van der Waals surface area (Å²) in [7, 11) is -3.77. The normalized spacial score (nSPS) is 12.9. The quantitative estimate of drug-likeness (QED) is 0.843. The molecule has 8 heteroatoms. The fourth-order valence-corrected chi connectivity index (χ4v) is 3.55. The number of halogens is 1. The molecular formula is C13H13BrN2O3S2. The molecule has 0 fully saturated rings. The van der Waals surface area contributed by atoms with Crippen molar-refractivity contribution in [2.24, 2.45) is 5.14 Å². The lowest BCUT2D eigenvalue weighted by molar-refractivity contribution is 0.0940. The topological polar surface area (TPSA) is 89.3 Å². The van der Waals surface area contributed by atoms with Crippen molar-refractivity contribution in [2.45, 2.75) is 17.2 Å². The molecule has 1 amide bonds. The number of primary sulfonamides is 1. The highest BCUT2D eigenvalue weighted by atomic mass is 79.9. The molecule has 0 radical (unpaired) electrons. The Hall–Kier alpha value is -1.22. The molecule has 0 aliphatic heterocycles. The first-order valence-electron chi connectivity index (χ1n) is 5.95. The predicted octanol–water partition coefficient (Wildman–Crippen LogP) is 2.65. The summed E-state index contributed by atoms with van der Waals surface area (Å²) >= 11 is 4.28. The fourth-order valence-electron chi connectivity index (χ4n) is 1.70. The van der Waals surface area contributed by atoms with Crippen molar-refractivity contribution in [3.8, 4) is 0 Å². The van der Waals surface area contributed by atoms with Crippen LogP contribution in [0.2, 0.25) is 0 Å². The summed E-state index contributed by atoms with van der Waals surface area (Å²) in [6.45, 7) is 1.86. The van der Waals surface area contributed by atoms with Crippen molar-refractivity contribution < 1.29 is 13.2 Å². The molecule has 0 saturated heterocycles. The number of carbonyl (C=O) groups is 1. The standard InChI is InChI=1S/C13H13BrN2O3S2/c1-8(9-2-4-11(14)5-3-9)16-13(17)10-6-12(20-7-10)21(15,18)19/h2-8H,1H3,(H,16,17)(H2,15,18,19). The summed E-state index contributed by atoms with van der Waals surface area (Å²) in [5, 5.41) is 9.31. The van der Waals surface area contributed by atoms with Crippen LogP contribution in [0.15, 0.2) is 44.4 Å². The molecule has 1 atom stereocenters. The van der Waals surface area contributed by atoms with Gasteiger partial charge in [0.05, 0.1) is 11.6 Å². The van der Waals surface area contributed by atoms with Crippen LogP contribution in [0.25, 0.3) is 0 Å². The molecule has 112 valence electrons. The Balaban J connectivity index is 2.11. The van der Waals surface area contributed by atoms with E-state index < -0.39 is 10.0 Å². The van der Waals surface area contributed by atoms with E-state index in [4.69, 9.17) is 5.14 Å². The van der Waals surface area contributed by atoms with Gasteiger partial charge in [-0.2, -0.15) is 0 Å². The molecule has 0 saturated carbocycles. The third-order valence-corrected chi connectivity index (χ3v) is 5.75. The largest absolute Gasteiger partial charge is 0.345 e. The summed E-state index contributed by atoms with van der Waals surface area (Å²) in [6, 6.07) is 8.67. The van der Waals surface area contributed by atoms with Crippen LogP contribution in [0, 0.1) is 0 Å². The van der Waals surface area contributed by atoms with Gasteiger partial charge in [-0.05, 0) is 30.7 Å². The van der Waals surface area contributed by atoms with Crippen molar-refractivity contribution in [3.63, 3.8) is 0 Å². The molecule has 1 aromatic heterocycles. The summed E-state index contributed by atoms with van der Waals surface area (Å²) < 4.78 is 23.3. The first-order valence-corrected chi connectivity index (χ1v) is 9.17. The van der Waals surface area contributed by atoms with Crippen LogP contribution >= 0.6 is 27.3 Å². The highest BCUT2D eigenvalue weighted by molar-refractivity contribution is 9.10. The maximum atomic E-state index is 12.1. The van der Waals surface area contributed by atoms with Gasteiger partial charge in [0.15, 0.2) is 0 Å². The van der Waals surface area contributed by atoms with E-state index in [0.29, 0.717) is 0 Å². The molecule has 5 nitrogen and oxygen atoms in total. The second kappa shape index (κ2) is 6.27. The Kier molecular flexibility index (Phi) is 4.82. The molecule has 21 heavy (non-hydrogen) atoms. The Morgan fingerprint density at radius 2 is 1.95 bits per heavy atom. The van der Waals surface area contributed by atoms with Crippen LogP contribution in [0.4, 0.5) is 0 Å². The number of hydrogen-bond acceptors (Lipinski definition) is 4. The highest BCUT2D eigenvalue weighted by Gasteiger charge is 2.17. The van der Waals surface area contributed by atoms with Gasteiger partial charge in [0, 0.05) is 9.85 Å². The van der Waals surface area contributed by atoms with Gasteiger partial charge in [-0.3, -0.25) is 4.79 Å². The molecule has 0 bridgehead atoms. The molecule has 0 spiro atoms. The van der Waals surface area contributed by atoms with E-state index in [9.17, 15) is 13.2 Å². The summed E-state index contributed by atoms with van der Waals surface area (Å²) in [4.78, 5) is 12.1. The number of thiophene rings is 1. The van der Waals surface area contributed by atoms with Gasteiger partial charge in [-0.1, -0.05) is 28.1 Å². The van der Waals surface area contributed by atoms with Crippen LogP contribution in [0.1, 0.15) is 28.9 Å². The number of amides is 1. The van der Waals surface area contributed by atoms with Crippen molar-refractivity contribution in [1.29, 1.82) is 0 Å². The van der Waals surface area contributed by atoms with Gasteiger partial charge in [0.1, 0.15) is 4.21 Å². The fraction of sp³-hybridized carbons (Fsp3) is 0.154. The van der Waals surface area contributed by atoms with Crippen molar-refractivity contribution in [2.75, 3.05) is 0 Å². The van der Waals surface area contributed by atoms with E-state index in [-0.39, 0.29) is 21.7 Å². The maximum Gasteiger partial charge on any atom is 0.252 e. The molecule has 2 aromatic rings. The average Bonchev–Trinajstić information content (AvgIpc) is 2.88. The first-order chi connectivity index (χ1) is 9.77.